The van der Waals surface area contributed by atoms with Crippen LogP contribution >= 0.6 is 23.2 Å². The van der Waals surface area contributed by atoms with Crippen molar-refractivity contribution in [1.29, 1.82) is 0 Å². The van der Waals surface area contributed by atoms with Gasteiger partial charge in [0.15, 0.2) is 5.90 Å². The largest absolute Gasteiger partial charge is 0.476 e. The number of nitrogens with zero attached hydrogens (tertiary/aromatic N) is 1. The standard InChI is InChI=1S/C11H14ClNO2.C11H12ClNO/c1-8(14)7-13-11(15)6-9-2-4-10(12)5-3-9;1-8-7-13-11(14-8)6-9-2-4-10(12)5-3-9/h2-5,8,14H,6-7H2,1H3,(H,13,15);2-5,8H,6-7H2,1H3. The molecule has 7 heteroatoms. The van der Waals surface area contributed by atoms with E-state index < -0.39 is 6.10 Å². The predicted molar refractivity (Wildman–Crippen MR) is 118 cm³/mol. The van der Waals surface area contributed by atoms with E-state index in [4.69, 9.17) is 33.0 Å². The molecule has 2 unspecified atom stereocenters. The number of halogens is 2. The smallest absolute Gasteiger partial charge is 0.224 e. The van der Waals surface area contributed by atoms with Gasteiger partial charge in [0.2, 0.25) is 5.91 Å². The number of aliphatic hydroxyl groups excluding tert-OH is 1. The fourth-order valence-electron chi connectivity index (χ4n) is 2.52. The normalized spacial score (nSPS) is 16.2. The number of nitrogens with one attached hydrogen (secondary N) is 1. The van der Waals surface area contributed by atoms with Gasteiger partial charge in [0, 0.05) is 23.0 Å². The van der Waals surface area contributed by atoms with Gasteiger partial charge in [-0.25, -0.2) is 0 Å². The van der Waals surface area contributed by atoms with Crippen molar-refractivity contribution in [2.45, 2.75) is 38.9 Å². The SMILES string of the molecule is CC(O)CNC(=O)Cc1ccc(Cl)cc1.CC1CN=C(Cc2ccc(Cl)cc2)O1. The van der Waals surface area contributed by atoms with Crippen LogP contribution in [0, 0.1) is 0 Å². The molecule has 2 N–H and O–H groups in total. The number of hydrogen-bond acceptors (Lipinski definition) is 4. The number of carbonyl (C=O) groups excluding carboxylic acids is 1. The zero-order valence-corrected chi connectivity index (χ0v) is 18.1. The van der Waals surface area contributed by atoms with E-state index in [-0.39, 0.29) is 18.6 Å². The van der Waals surface area contributed by atoms with E-state index >= 15 is 0 Å². The van der Waals surface area contributed by atoms with Crippen molar-refractivity contribution in [2.75, 3.05) is 13.1 Å². The van der Waals surface area contributed by atoms with E-state index in [1.165, 1.54) is 5.56 Å². The molecule has 2 aromatic rings. The van der Waals surface area contributed by atoms with Crippen LogP contribution in [0.2, 0.25) is 10.0 Å². The number of ether oxygens (including phenoxy) is 1. The van der Waals surface area contributed by atoms with E-state index in [9.17, 15) is 4.79 Å². The van der Waals surface area contributed by atoms with Gasteiger partial charge in [0.05, 0.1) is 19.1 Å². The van der Waals surface area contributed by atoms with Crippen LogP contribution in [0.3, 0.4) is 0 Å². The molecule has 0 spiro atoms. The molecular weight excluding hydrogens is 411 g/mol. The molecule has 1 heterocycles. The predicted octanol–water partition coefficient (Wildman–Crippen LogP) is 4.08. The van der Waals surface area contributed by atoms with Gasteiger partial charge in [-0.05, 0) is 49.2 Å². The minimum atomic E-state index is -0.515. The van der Waals surface area contributed by atoms with Crippen molar-refractivity contribution >= 4 is 35.0 Å². The first kappa shape index (κ1) is 23.2. The van der Waals surface area contributed by atoms with Gasteiger partial charge in [0.1, 0.15) is 6.10 Å². The topological polar surface area (TPSA) is 70.9 Å². The molecule has 0 aliphatic carbocycles. The van der Waals surface area contributed by atoms with Crippen LogP contribution in [0.5, 0.6) is 0 Å². The Morgan fingerprint density at radius 3 is 2.17 bits per heavy atom. The highest BCUT2D eigenvalue weighted by molar-refractivity contribution is 6.30. The molecule has 2 atom stereocenters. The number of benzene rings is 2. The van der Waals surface area contributed by atoms with Crippen LogP contribution in [0.25, 0.3) is 0 Å². The number of aliphatic imine (C=N–C) groups is 1. The third-order valence-corrected chi connectivity index (χ3v) is 4.51. The Balaban J connectivity index is 0.000000207. The molecule has 5 nitrogen and oxygen atoms in total. The Hall–Kier alpha value is -2.08. The lowest BCUT2D eigenvalue weighted by atomic mass is 10.1. The highest BCUT2D eigenvalue weighted by atomic mass is 35.5. The summed E-state index contributed by atoms with van der Waals surface area (Å²) in [6.45, 7) is 4.72. The van der Waals surface area contributed by atoms with Crippen LogP contribution in [0.15, 0.2) is 53.5 Å². The third kappa shape index (κ3) is 9.31. The Bertz CT molecular complexity index is 806. The summed E-state index contributed by atoms with van der Waals surface area (Å²) in [5.41, 5.74) is 2.09. The van der Waals surface area contributed by atoms with E-state index in [1.54, 1.807) is 19.1 Å². The summed E-state index contributed by atoms with van der Waals surface area (Å²) in [7, 11) is 0. The lowest BCUT2D eigenvalue weighted by molar-refractivity contribution is -0.120. The van der Waals surface area contributed by atoms with E-state index in [0.29, 0.717) is 11.4 Å². The summed E-state index contributed by atoms with van der Waals surface area (Å²) >= 11 is 11.5. The second-order valence-electron chi connectivity index (χ2n) is 6.92. The zero-order valence-electron chi connectivity index (χ0n) is 16.6. The number of carbonyl (C=O) groups is 1. The summed E-state index contributed by atoms with van der Waals surface area (Å²) in [6, 6.07) is 14.9. The maximum atomic E-state index is 11.3. The average molecular weight is 437 g/mol. The van der Waals surface area contributed by atoms with Crippen LogP contribution in [-0.4, -0.2) is 42.2 Å². The van der Waals surface area contributed by atoms with Gasteiger partial charge < -0.3 is 15.2 Å². The quantitative estimate of drug-likeness (QED) is 0.716. The molecule has 0 radical (unpaired) electrons. The molecule has 156 valence electrons. The van der Waals surface area contributed by atoms with Gasteiger partial charge in [-0.15, -0.1) is 0 Å². The van der Waals surface area contributed by atoms with Gasteiger partial charge in [-0.3, -0.25) is 9.79 Å². The van der Waals surface area contributed by atoms with Crippen LogP contribution < -0.4 is 5.32 Å². The molecule has 0 bridgehead atoms. The molecular formula is C22H26Cl2N2O3. The molecule has 29 heavy (non-hydrogen) atoms. The van der Waals surface area contributed by atoms with Crippen molar-refractivity contribution in [2.24, 2.45) is 4.99 Å². The molecule has 1 amide bonds. The first-order valence-corrected chi connectivity index (χ1v) is 10.2. The maximum absolute atomic E-state index is 11.3. The van der Waals surface area contributed by atoms with E-state index in [0.717, 1.165) is 29.4 Å². The fraction of sp³-hybridized carbons (Fsp3) is 0.364. The molecule has 0 saturated carbocycles. The Labute approximate surface area is 181 Å². The summed E-state index contributed by atoms with van der Waals surface area (Å²) in [4.78, 5) is 15.6. The van der Waals surface area contributed by atoms with Gasteiger partial charge in [-0.1, -0.05) is 47.5 Å². The van der Waals surface area contributed by atoms with E-state index in [2.05, 4.69) is 10.3 Å². The first-order valence-electron chi connectivity index (χ1n) is 9.45. The van der Waals surface area contributed by atoms with Gasteiger partial charge in [-0.2, -0.15) is 0 Å². The monoisotopic (exact) mass is 436 g/mol. The average Bonchev–Trinajstić information content (AvgIpc) is 3.09. The van der Waals surface area contributed by atoms with Gasteiger partial charge >= 0.3 is 0 Å². The van der Waals surface area contributed by atoms with Crippen molar-refractivity contribution < 1.29 is 14.6 Å². The summed E-state index contributed by atoms with van der Waals surface area (Å²) < 4.78 is 5.51. The summed E-state index contributed by atoms with van der Waals surface area (Å²) in [5, 5.41) is 13.0. The highest BCUT2D eigenvalue weighted by Crippen LogP contribution is 2.13. The number of rotatable bonds is 6. The minimum absolute atomic E-state index is 0.0989. The first-order chi connectivity index (χ1) is 13.8. The fourth-order valence-corrected chi connectivity index (χ4v) is 2.78. The maximum Gasteiger partial charge on any atom is 0.224 e. The minimum Gasteiger partial charge on any atom is -0.476 e. The zero-order chi connectivity index (χ0) is 21.2. The molecule has 3 rings (SSSR count). The van der Waals surface area contributed by atoms with Crippen LogP contribution in [0.1, 0.15) is 25.0 Å². The van der Waals surface area contributed by atoms with Crippen LogP contribution in [-0.2, 0) is 22.4 Å². The Morgan fingerprint density at radius 1 is 1.14 bits per heavy atom. The van der Waals surface area contributed by atoms with Crippen molar-refractivity contribution in [3.05, 3.63) is 69.7 Å². The number of aliphatic hydroxyl groups is 1. The number of hydrogen-bond donors (Lipinski definition) is 2. The molecule has 0 fully saturated rings. The highest BCUT2D eigenvalue weighted by Gasteiger charge is 2.14. The Kier molecular flexibility index (Phi) is 9.45. The van der Waals surface area contributed by atoms with Crippen LogP contribution in [0.4, 0.5) is 0 Å². The molecule has 2 aromatic carbocycles. The summed E-state index contributed by atoms with van der Waals surface area (Å²) in [6.07, 6.45) is 0.794. The molecule has 1 aliphatic rings. The lowest BCUT2D eigenvalue weighted by Crippen LogP contribution is -2.31. The third-order valence-electron chi connectivity index (χ3n) is 4.00. The lowest BCUT2D eigenvalue weighted by Gasteiger charge is -2.06. The van der Waals surface area contributed by atoms with Crippen molar-refractivity contribution in [1.82, 2.24) is 5.32 Å². The number of amides is 1. The Morgan fingerprint density at radius 2 is 1.69 bits per heavy atom. The van der Waals surface area contributed by atoms with Gasteiger partial charge in [0.25, 0.3) is 0 Å². The second-order valence-corrected chi connectivity index (χ2v) is 7.80. The second kappa shape index (κ2) is 11.8. The molecule has 0 aromatic heterocycles. The van der Waals surface area contributed by atoms with E-state index in [1.807, 2.05) is 43.3 Å². The van der Waals surface area contributed by atoms with Crippen molar-refractivity contribution in [3.8, 4) is 0 Å². The molecule has 0 saturated heterocycles. The summed E-state index contributed by atoms with van der Waals surface area (Å²) in [5.74, 6) is 0.734. The van der Waals surface area contributed by atoms with Crippen molar-refractivity contribution in [3.63, 3.8) is 0 Å². The molecule has 1 aliphatic heterocycles.